The highest BCUT2D eigenvalue weighted by Crippen LogP contribution is 2.20. The van der Waals surface area contributed by atoms with Crippen LogP contribution in [0.1, 0.15) is 17.5 Å². The molecule has 1 aliphatic heterocycles. The average molecular weight is 185 g/mol. The number of hydrogen-bond donors (Lipinski definition) is 1. The molecule has 0 aromatic heterocycles. The molecule has 1 aromatic rings. The van der Waals surface area contributed by atoms with E-state index in [9.17, 15) is 0 Å². The van der Waals surface area contributed by atoms with Crippen LogP contribution in [0.2, 0.25) is 0 Å². The van der Waals surface area contributed by atoms with Gasteiger partial charge in [0.2, 0.25) is 0 Å². The Labute approximate surface area is 85.2 Å². The smallest absolute Gasteiger partial charge is 0.0140 e. The Bertz CT molecular complexity index is 346. The van der Waals surface area contributed by atoms with Gasteiger partial charge in [-0.25, -0.2) is 0 Å². The molecule has 0 saturated carbocycles. The SMILES string of the molecule is C=Cc1ccc(C2=CCNCC2)cc1. The summed E-state index contributed by atoms with van der Waals surface area (Å²) in [6.45, 7) is 5.84. The van der Waals surface area contributed by atoms with Crippen LogP contribution in [0.3, 0.4) is 0 Å². The Hall–Kier alpha value is -1.34. The lowest BCUT2D eigenvalue weighted by molar-refractivity contribution is 0.738. The van der Waals surface area contributed by atoms with Crippen LogP contribution >= 0.6 is 0 Å². The molecular weight excluding hydrogens is 170 g/mol. The van der Waals surface area contributed by atoms with Gasteiger partial charge in [0.1, 0.15) is 0 Å². The van der Waals surface area contributed by atoms with Gasteiger partial charge < -0.3 is 5.32 Å². The molecule has 0 bridgehead atoms. The van der Waals surface area contributed by atoms with Crippen LogP contribution in [0.25, 0.3) is 11.6 Å². The van der Waals surface area contributed by atoms with E-state index >= 15 is 0 Å². The summed E-state index contributed by atoms with van der Waals surface area (Å²) in [4.78, 5) is 0. The zero-order chi connectivity index (χ0) is 9.80. The van der Waals surface area contributed by atoms with Crippen LogP contribution in [0.15, 0.2) is 36.9 Å². The molecule has 0 radical (unpaired) electrons. The second-order valence-corrected chi connectivity index (χ2v) is 3.51. The normalized spacial score (nSPS) is 16.1. The van der Waals surface area contributed by atoms with E-state index in [1.165, 1.54) is 16.7 Å². The van der Waals surface area contributed by atoms with Crippen LogP contribution in [0.4, 0.5) is 0 Å². The first-order chi connectivity index (χ1) is 6.90. The molecule has 0 amide bonds. The first kappa shape index (κ1) is 9.22. The maximum absolute atomic E-state index is 3.75. The third-order valence-electron chi connectivity index (χ3n) is 2.58. The van der Waals surface area contributed by atoms with Crippen molar-refractivity contribution in [3.63, 3.8) is 0 Å². The van der Waals surface area contributed by atoms with E-state index in [0.29, 0.717) is 0 Å². The Balaban J connectivity index is 2.23. The van der Waals surface area contributed by atoms with E-state index in [0.717, 1.165) is 19.5 Å². The van der Waals surface area contributed by atoms with Crippen LogP contribution < -0.4 is 5.32 Å². The lowest BCUT2D eigenvalue weighted by atomic mass is 9.99. The molecule has 0 unspecified atom stereocenters. The van der Waals surface area contributed by atoms with Gasteiger partial charge in [0.25, 0.3) is 0 Å². The molecule has 1 nitrogen and oxygen atoms in total. The van der Waals surface area contributed by atoms with E-state index in [1.807, 2.05) is 6.08 Å². The molecule has 72 valence electrons. The molecule has 1 aromatic carbocycles. The van der Waals surface area contributed by atoms with Crippen molar-refractivity contribution in [2.24, 2.45) is 0 Å². The van der Waals surface area contributed by atoms with Crippen LogP contribution in [-0.2, 0) is 0 Å². The van der Waals surface area contributed by atoms with Gasteiger partial charge in [0.05, 0.1) is 0 Å². The minimum atomic E-state index is 0.999. The quantitative estimate of drug-likeness (QED) is 0.747. The maximum atomic E-state index is 3.75. The summed E-state index contributed by atoms with van der Waals surface area (Å²) in [5.41, 5.74) is 3.99. The molecule has 1 aliphatic rings. The van der Waals surface area contributed by atoms with Crippen molar-refractivity contribution in [3.05, 3.63) is 48.0 Å². The molecule has 0 saturated heterocycles. The van der Waals surface area contributed by atoms with Crippen molar-refractivity contribution >= 4 is 11.6 Å². The van der Waals surface area contributed by atoms with Gasteiger partial charge in [0, 0.05) is 6.54 Å². The molecule has 0 fully saturated rings. The fourth-order valence-corrected chi connectivity index (χ4v) is 1.72. The predicted octanol–water partition coefficient (Wildman–Crippen LogP) is 2.71. The van der Waals surface area contributed by atoms with E-state index in [4.69, 9.17) is 0 Å². The van der Waals surface area contributed by atoms with Crippen molar-refractivity contribution in [3.8, 4) is 0 Å². The largest absolute Gasteiger partial charge is 0.313 e. The van der Waals surface area contributed by atoms with Gasteiger partial charge in [-0.05, 0) is 29.7 Å². The van der Waals surface area contributed by atoms with Crippen molar-refractivity contribution in [1.29, 1.82) is 0 Å². The van der Waals surface area contributed by atoms with E-state index in [-0.39, 0.29) is 0 Å². The van der Waals surface area contributed by atoms with Gasteiger partial charge in [-0.15, -0.1) is 0 Å². The molecule has 2 rings (SSSR count). The highest BCUT2D eigenvalue weighted by Gasteiger charge is 2.04. The molecular formula is C13H15N. The highest BCUT2D eigenvalue weighted by molar-refractivity contribution is 5.67. The summed E-state index contributed by atoms with van der Waals surface area (Å²) >= 11 is 0. The summed E-state index contributed by atoms with van der Waals surface area (Å²) in [5, 5.41) is 3.31. The molecule has 0 atom stereocenters. The Morgan fingerprint density at radius 3 is 2.57 bits per heavy atom. The minimum Gasteiger partial charge on any atom is -0.313 e. The van der Waals surface area contributed by atoms with Crippen molar-refractivity contribution in [1.82, 2.24) is 5.32 Å². The zero-order valence-corrected chi connectivity index (χ0v) is 8.29. The topological polar surface area (TPSA) is 12.0 Å². The predicted molar refractivity (Wildman–Crippen MR) is 62.0 cm³/mol. The Morgan fingerprint density at radius 2 is 2.00 bits per heavy atom. The second-order valence-electron chi connectivity index (χ2n) is 3.51. The van der Waals surface area contributed by atoms with Crippen molar-refractivity contribution in [2.75, 3.05) is 13.1 Å². The van der Waals surface area contributed by atoms with Crippen molar-refractivity contribution < 1.29 is 0 Å². The van der Waals surface area contributed by atoms with Crippen LogP contribution in [-0.4, -0.2) is 13.1 Å². The van der Waals surface area contributed by atoms with Crippen molar-refractivity contribution in [2.45, 2.75) is 6.42 Å². The monoisotopic (exact) mass is 185 g/mol. The number of rotatable bonds is 2. The lowest BCUT2D eigenvalue weighted by Gasteiger charge is -2.14. The maximum Gasteiger partial charge on any atom is 0.0140 e. The zero-order valence-electron chi connectivity index (χ0n) is 8.29. The second kappa shape index (κ2) is 4.25. The summed E-state index contributed by atoms with van der Waals surface area (Å²) in [6.07, 6.45) is 5.28. The summed E-state index contributed by atoms with van der Waals surface area (Å²) in [5.74, 6) is 0. The minimum absolute atomic E-state index is 0.999. The van der Waals surface area contributed by atoms with Gasteiger partial charge >= 0.3 is 0 Å². The Morgan fingerprint density at radius 1 is 1.21 bits per heavy atom. The number of benzene rings is 1. The van der Waals surface area contributed by atoms with Gasteiger partial charge in [-0.3, -0.25) is 0 Å². The first-order valence-corrected chi connectivity index (χ1v) is 5.03. The van der Waals surface area contributed by atoms with Crippen LogP contribution in [0, 0.1) is 0 Å². The average Bonchev–Trinajstić information content (AvgIpc) is 2.30. The standard InChI is InChI=1S/C13H15N/c1-2-11-3-5-12(6-4-11)13-7-9-14-10-8-13/h2-7,14H,1,8-10H2. The highest BCUT2D eigenvalue weighted by atomic mass is 14.8. The number of hydrogen-bond acceptors (Lipinski definition) is 1. The summed E-state index contributed by atoms with van der Waals surface area (Å²) in [7, 11) is 0. The fraction of sp³-hybridized carbons (Fsp3) is 0.231. The van der Waals surface area contributed by atoms with Crippen LogP contribution in [0.5, 0.6) is 0 Å². The van der Waals surface area contributed by atoms with E-state index < -0.39 is 0 Å². The van der Waals surface area contributed by atoms with Gasteiger partial charge in [-0.1, -0.05) is 43.0 Å². The molecule has 1 N–H and O–H groups in total. The molecule has 14 heavy (non-hydrogen) atoms. The summed E-state index contributed by atoms with van der Waals surface area (Å²) in [6, 6.07) is 8.58. The molecule has 0 spiro atoms. The van der Waals surface area contributed by atoms with Gasteiger partial charge in [0.15, 0.2) is 0 Å². The molecule has 1 heteroatoms. The fourth-order valence-electron chi connectivity index (χ4n) is 1.72. The third-order valence-corrected chi connectivity index (χ3v) is 2.58. The molecule has 1 heterocycles. The molecule has 0 aliphatic carbocycles. The van der Waals surface area contributed by atoms with E-state index in [2.05, 4.69) is 42.2 Å². The number of nitrogens with one attached hydrogen (secondary N) is 1. The third kappa shape index (κ3) is 1.94. The van der Waals surface area contributed by atoms with E-state index in [1.54, 1.807) is 0 Å². The lowest BCUT2D eigenvalue weighted by Crippen LogP contribution is -2.19. The summed E-state index contributed by atoms with van der Waals surface area (Å²) < 4.78 is 0. The first-order valence-electron chi connectivity index (χ1n) is 5.03. The van der Waals surface area contributed by atoms with Gasteiger partial charge in [-0.2, -0.15) is 0 Å². The Kier molecular flexibility index (Phi) is 2.80.